The van der Waals surface area contributed by atoms with Crippen LogP contribution in [0.15, 0.2) is 77.7 Å². The smallest absolute Gasteiger partial charge is 0.264 e. The summed E-state index contributed by atoms with van der Waals surface area (Å²) < 4.78 is 33.6. The van der Waals surface area contributed by atoms with Gasteiger partial charge in [0.1, 0.15) is 18.9 Å². The van der Waals surface area contributed by atoms with Crippen LogP contribution < -0.4 is 14.4 Å². The number of ether oxygens (including phenoxy) is 1. The molecule has 3 aromatic rings. The molecule has 1 N–H and O–H groups in total. The van der Waals surface area contributed by atoms with E-state index in [-0.39, 0.29) is 24.6 Å². The average molecular weight is 501 g/mol. The van der Waals surface area contributed by atoms with E-state index in [1.165, 1.54) is 12.1 Å². The number of nitrogens with zero attached hydrogens (tertiary/aromatic N) is 1. The lowest BCUT2D eigenvalue weighted by Crippen LogP contribution is -2.42. The Bertz CT molecular complexity index is 1230. The molecule has 1 amide bonds. The number of carbonyl (C=O) groups is 1. The fraction of sp³-hybridized carbons (Fsp3) is 0.269. The molecule has 0 aliphatic heterocycles. The lowest BCUT2D eigenvalue weighted by molar-refractivity contribution is -0.119. The molecule has 0 aliphatic rings. The van der Waals surface area contributed by atoms with Crippen molar-refractivity contribution in [2.45, 2.75) is 31.6 Å². The molecule has 0 fully saturated rings. The Labute approximate surface area is 206 Å². The zero-order chi connectivity index (χ0) is 24.7. The van der Waals surface area contributed by atoms with Crippen LogP contribution in [0.4, 0.5) is 5.69 Å². The first-order valence-electron chi connectivity index (χ1n) is 11.0. The normalized spacial score (nSPS) is 11.3. The minimum Gasteiger partial charge on any atom is -0.491 e. The number of carbonyl (C=O) groups excluding carboxylic acids is 1. The maximum absolute atomic E-state index is 13.4. The first-order chi connectivity index (χ1) is 16.2. The molecular formula is C26H29ClN2O4S. The van der Waals surface area contributed by atoms with Crippen molar-refractivity contribution in [1.29, 1.82) is 0 Å². The monoisotopic (exact) mass is 500 g/mol. The number of anilines is 1. The Balaban J connectivity index is 1.71. The molecule has 0 unspecified atom stereocenters. The minimum absolute atomic E-state index is 0.0909. The highest BCUT2D eigenvalue weighted by atomic mass is 35.5. The molecule has 0 aliphatic carbocycles. The molecule has 34 heavy (non-hydrogen) atoms. The third-order valence-corrected chi connectivity index (χ3v) is 7.48. The topological polar surface area (TPSA) is 75.7 Å². The van der Waals surface area contributed by atoms with Crippen LogP contribution in [0.25, 0.3) is 0 Å². The average Bonchev–Trinajstić information content (AvgIpc) is 2.83. The van der Waals surface area contributed by atoms with E-state index in [2.05, 4.69) is 19.2 Å². The van der Waals surface area contributed by atoms with E-state index in [0.29, 0.717) is 16.6 Å². The van der Waals surface area contributed by atoms with E-state index < -0.39 is 15.9 Å². The molecule has 180 valence electrons. The summed E-state index contributed by atoms with van der Waals surface area (Å²) in [5, 5.41) is 3.17. The van der Waals surface area contributed by atoms with Crippen molar-refractivity contribution >= 4 is 33.2 Å². The van der Waals surface area contributed by atoms with Crippen molar-refractivity contribution in [2.24, 2.45) is 0 Å². The van der Waals surface area contributed by atoms with Crippen LogP contribution in [0.2, 0.25) is 5.02 Å². The van der Waals surface area contributed by atoms with E-state index >= 15 is 0 Å². The molecule has 3 aromatic carbocycles. The fourth-order valence-corrected chi connectivity index (χ4v) is 5.01. The number of nitrogens with one attached hydrogen (secondary N) is 1. The van der Waals surface area contributed by atoms with E-state index in [1.807, 2.05) is 31.2 Å². The molecule has 0 spiro atoms. The Morgan fingerprint density at radius 3 is 2.38 bits per heavy atom. The van der Waals surface area contributed by atoms with Crippen molar-refractivity contribution in [1.82, 2.24) is 5.32 Å². The van der Waals surface area contributed by atoms with Gasteiger partial charge in [0.25, 0.3) is 10.0 Å². The van der Waals surface area contributed by atoms with Gasteiger partial charge in [0.2, 0.25) is 5.91 Å². The van der Waals surface area contributed by atoms with Gasteiger partial charge in [-0.05, 0) is 54.3 Å². The van der Waals surface area contributed by atoms with Crippen molar-refractivity contribution in [3.05, 3.63) is 88.9 Å². The maximum atomic E-state index is 13.4. The molecule has 0 saturated carbocycles. The molecule has 6 nitrogen and oxygen atoms in total. The number of benzene rings is 3. The summed E-state index contributed by atoms with van der Waals surface area (Å²) in [6.45, 7) is 6.11. The highest BCUT2D eigenvalue weighted by Gasteiger charge is 2.27. The number of halogens is 1. The van der Waals surface area contributed by atoms with Crippen molar-refractivity contribution in [3.8, 4) is 5.75 Å². The second kappa shape index (κ2) is 11.4. The van der Waals surface area contributed by atoms with Gasteiger partial charge < -0.3 is 10.1 Å². The Kier molecular flexibility index (Phi) is 8.58. The lowest BCUT2D eigenvalue weighted by atomic mass is 10.0. The van der Waals surface area contributed by atoms with Crippen LogP contribution in [-0.4, -0.2) is 34.0 Å². The van der Waals surface area contributed by atoms with Crippen LogP contribution in [0.1, 0.15) is 30.9 Å². The predicted molar refractivity (Wildman–Crippen MR) is 136 cm³/mol. The lowest BCUT2D eigenvalue weighted by Gasteiger charge is -2.24. The molecular weight excluding hydrogens is 472 g/mol. The summed E-state index contributed by atoms with van der Waals surface area (Å²) >= 11 is 6.25. The van der Waals surface area contributed by atoms with Crippen molar-refractivity contribution < 1.29 is 17.9 Å². The summed E-state index contributed by atoms with van der Waals surface area (Å²) in [5.41, 5.74) is 2.22. The van der Waals surface area contributed by atoms with E-state index in [9.17, 15) is 13.2 Å². The Hall–Kier alpha value is -3.03. The summed E-state index contributed by atoms with van der Waals surface area (Å²) in [7, 11) is -3.98. The standard InChI is InChI=1S/C26H29ClN2O4S/c1-19(2)23-11-7-8-12-25(23)33-16-15-28-26(30)18-29(21-14-13-20(3)24(27)17-21)34(31,32)22-9-5-4-6-10-22/h4-14,17,19H,15-16,18H2,1-3H3,(H,28,30). The molecule has 3 rings (SSSR count). The SMILES string of the molecule is Cc1ccc(N(CC(=O)NCCOc2ccccc2C(C)C)S(=O)(=O)c2ccccc2)cc1Cl. The second-order valence-electron chi connectivity index (χ2n) is 8.15. The summed E-state index contributed by atoms with van der Waals surface area (Å²) in [4.78, 5) is 12.8. The minimum atomic E-state index is -3.98. The number of aryl methyl sites for hydroxylation is 1. The molecule has 8 heteroatoms. The molecule has 0 radical (unpaired) electrons. The van der Waals surface area contributed by atoms with Crippen molar-refractivity contribution in [3.63, 3.8) is 0 Å². The zero-order valence-electron chi connectivity index (χ0n) is 19.5. The molecule has 0 atom stereocenters. The number of sulfonamides is 1. The third kappa shape index (κ3) is 6.30. The number of hydrogen-bond donors (Lipinski definition) is 1. The third-order valence-electron chi connectivity index (χ3n) is 5.28. The Morgan fingerprint density at radius 2 is 1.71 bits per heavy atom. The van der Waals surface area contributed by atoms with Crippen LogP contribution in [-0.2, 0) is 14.8 Å². The van der Waals surface area contributed by atoms with Crippen LogP contribution in [0.3, 0.4) is 0 Å². The van der Waals surface area contributed by atoms with Gasteiger partial charge in [-0.25, -0.2) is 8.42 Å². The van der Waals surface area contributed by atoms with Gasteiger partial charge in [0.15, 0.2) is 0 Å². The number of hydrogen-bond acceptors (Lipinski definition) is 4. The van der Waals surface area contributed by atoms with Gasteiger partial charge in [0, 0.05) is 5.02 Å². The second-order valence-corrected chi connectivity index (χ2v) is 10.4. The first-order valence-corrected chi connectivity index (χ1v) is 12.8. The number of rotatable bonds is 10. The predicted octanol–water partition coefficient (Wildman–Crippen LogP) is 5.16. The highest BCUT2D eigenvalue weighted by Crippen LogP contribution is 2.28. The number of amides is 1. The first kappa shape index (κ1) is 25.6. The number of para-hydroxylation sites is 1. The molecule has 0 heterocycles. The van der Waals surface area contributed by atoms with Gasteiger partial charge in [-0.2, -0.15) is 0 Å². The summed E-state index contributed by atoms with van der Waals surface area (Å²) in [6, 6.07) is 20.7. The largest absolute Gasteiger partial charge is 0.491 e. The van der Waals surface area contributed by atoms with Crippen LogP contribution in [0, 0.1) is 6.92 Å². The molecule has 0 saturated heterocycles. The summed E-state index contributed by atoms with van der Waals surface area (Å²) in [6.07, 6.45) is 0. The molecule has 0 aromatic heterocycles. The van der Waals surface area contributed by atoms with E-state index in [4.69, 9.17) is 16.3 Å². The van der Waals surface area contributed by atoms with Crippen LogP contribution in [0.5, 0.6) is 5.75 Å². The quantitative estimate of drug-likeness (QED) is 0.390. The Morgan fingerprint density at radius 1 is 1.03 bits per heavy atom. The fourth-order valence-electron chi connectivity index (χ4n) is 3.40. The molecule has 0 bridgehead atoms. The van der Waals surface area contributed by atoms with Gasteiger partial charge in [0.05, 0.1) is 17.1 Å². The van der Waals surface area contributed by atoms with E-state index in [0.717, 1.165) is 21.2 Å². The van der Waals surface area contributed by atoms with Gasteiger partial charge >= 0.3 is 0 Å². The van der Waals surface area contributed by atoms with Crippen LogP contribution >= 0.6 is 11.6 Å². The van der Waals surface area contributed by atoms with E-state index in [1.54, 1.807) is 36.4 Å². The van der Waals surface area contributed by atoms with Gasteiger partial charge in [-0.15, -0.1) is 0 Å². The zero-order valence-corrected chi connectivity index (χ0v) is 21.1. The van der Waals surface area contributed by atoms with Crippen molar-refractivity contribution in [2.75, 3.05) is 24.0 Å². The maximum Gasteiger partial charge on any atom is 0.264 e. The van der Waals surface area contributed by atoms with Gasteiger partial charge in [-0.3, -0.25) is 9.10 Å². The van der Waals surface area contributed by atoms with Gasteiger partial charge in [-0.1, -0.05) is 67.9 Å². The summed E-state index contributed by atoms with van der Waals surface area (Å²) in [5.74, 6) is 0.634. The highest BCUT2D eigenvalue weighted by molar-refractivity contribution is 7.92.